The Hall–Kier alpha value is -1.84. The number of tetrazole rings is 1. The fourth-order valence-corrected chi connectivity index (χ4v) is 1.94. The predicted molar refractivity (Wildman–Crippen MR) is 68.9 cm³/mol. The van der Waals surface area contributed by atoms with Crippen molar-refractivity contribution >= 4 is 11.8 Å². The first-order valence-corrected chi connectivity index (χ1v) is 6.42. The number of aromatic nitrogens is 4. The van der Waals surface area contributed by atoms with E-state index in [9.17, 15) is 0 Å². The summed E-state index contributed by atoms with van der Waals surface area (Å²) in [4.78, 5) is 0. The van der Waals surface area contributed by atoms with E-state index < -0.39 is 0 Å². The zero-order valence-electron chi connectivity index (χ0n) is 9.65. The molecule has 1 aromatic heterocycles. The Morgan fingerprint density at radius 3 is 2.89 bits per heavy atom. The van der Waals surface area contributed by atoms with Gasteiger partial charge in [-0.1, -0.05) is 41.8 Å². The second-order valence-corrected chi connectivity index (χ2v) is 4.31. The number of nitrogens with zero attached hydrogens (tertiary/aromatic N) is 4. The molecular weight excluding hydrogens is 248 g/mol. The number of hydrogen-bond donors (Lipinski definition) is 1. The highest BCUT2D eigenvalue weighted by Crippen LogP contribution is 2.12. The van der Waals surface area contributed by atoms with Crippen molar-refractivity contribution in [3.63, 3.8) is 0 Å². The molecule has 0 bridgehead atoms. The summed E-state index contributed by atoms with van der Waals surface area (Å²) in [5.74, 6) is 6.72. The van der Waals surface area contributed by atoms with Crippen LogP contribution < -0.4 is 0 Å². The van der Waals surface area contributed by atoms with Crippen LogP contribution in [0.3, 0.4) is 0 Å². The summed E-state index contributed by atoms with van der Waals surface area (Å²) < 4.78 is 1.56. The predicted octanol–water partition coefficient (Wildman–Crippen LogP) is 0.809. The molecule has 1 heterocycles. The molecule has 0 saturated carbocycles. The summed E-state index contributed by atoms with van der Waals surface area (Å²) in [5.41, 5.74) is 0.994. The van der Waals surface area contributed by atoms with Gasteiger partial charge in [-0.25, -0.2) is 4.68 Å². The lowest BCUT2D eigenvalue weighted by Gasteiger charge is -1.98. The van der Waals surface area contributed by atoms with E-state index >= 15 is 0 Å². The van der Waals surface area contributed by atoms with E-state index in [2.05, 4.69) is 27.4 Å². The summed E-state index contributed by atoms with van der Waals surface area (Å²) in [6.07, 6.45) is 0. The third-order valence-corrected chi connectivity index (χ3v) is 2.93. The number of aliphatic hydroxyl groups excluding tert-OH is 1. The molecule has 2 aromatic rings. The van der Waals surface area contributed by atoms with Crippen LogP contribution in [0.5, 0.6) is 0 Å². The van der Waals surface area contributed by atoms with E-state index in [1.54, 1.807) is 4.68 Å². The molecule has 2 rings (SSSR count). The van der Waals surface area contributed by atoms with Gasteiger partial charge in [-0.05, 0) is 22.6 Å². The van der Waals surface area contributed by atoms with Crippen molar-refractivity contribution in [2.24, 2.45) is 0 Å². The average Bonchev–Trinajstić information content (AvgIpc) is 2.84. The molecule has 0 amide bonds. The minimum Gasteiger partial charge on any atom is -0.394 e. The van der Waals surface area contributed by atoms with Gasteiger partial charge in [0.05, 0.1) is 18.9 Å². The standard InChI is InChI=1S/C12H12N4OS/c17-9-8-16-12(13-14-15-16)18-10-4-7-11-5-2-1-3-6-11/h1-3,5-6,17H,8-10H2. The molecule has 5 nitrogen and oxygen atoms in total. The van der Waals surface area contributed by atoms with E-state index in [1.165, 1.54) is 11.8 Å². The van der Waals surface area contributed by atoms with Crippen LogP contribution in [0.25, 0.3) is 0 Å². The normalized spacial score (nSPS) is 9.83. The molecule has 0 aliphatic rings. The molecule has 0 spiro atoms. The van der Waals surface area contributed by atoms with Crippen molar-refractivity contribution in [2.45, 2.75) is 11.7 Å². The minimum absolute atomic E-state index is 0.0221. The molecular formula is C12H12N4OS. The van der Waals surface area contributed by atoms with Crippen LogP contribution in [0, 0.1) is 11.8 Å². The molecule has 0 saturated heterocycles. The topological polar surface area (TPSA) is 63.8 Å². The molecule has 0 radical (unpaired) electrons. The van der Waals surface area contributed by atoms with E-state index in [1.807, 2.05) is 30.3 Å². The van der Waals surface area contributed by atoms with Gasteiger partial charge >= 0.3 is 0 Å². The quantitative estimate of drug-likeness (QED) is 0.651. The van der Waals surface area contributed by atoms with Gasteiger partial charge in [0.1, 0.15) is 0 Å². The fourth-order valence-electron chi connectivity index (χ4n) is 1.30. The SMILES string of the molecule is OCCn1nnnc1SCC#Cc1ccccc1. The van der Waals surface area contributed by atoms with Crippen LogP contribution in [0.4, 0.5) is 0 Å². The number of aliphatic hydroxyl groups is 1. The molecule has 0 aliphatic heterocycles. The Kier molecular flexibility index (Phi) is 4.76. The van der Waals surface area contributed by atoms with Crippen molar-refractivity contribution in [1.29, 1.82) is 0 Å². The van der Waals surface area contributed by atoms with Crippen LogP contribution in [0.2, 0.25) is 0 Å². The van der Waals surface area contributed by atoms with Crippen molar-refractivity contribution in [1.82, 2.24) is 20.2 Å². The lowest BCUT2D eigenvalue weighted by molar-refractivity contribution is 0.262. The zero-order chi connectivity index (χ0) is 12.6. The van der Waals surface area contributed by atoms with Gasteiger partial charge in [-0.15, -0.1) is 5.10 Å². The number of benzene rings is 1. The highest BCUT2D eigenvalue weighted by molar-refractivity contribution is 7.99. The first-order chi connectivity index (χ1) is 8.90. The molecule has 0 unspecified atom stereocenters. The van der Waals surface area contributed by atoms with Crippen molar-refractivity contribution in [2.75, 3.05) is 12.4 Å². The highest BCUT2D eigenvalue weighted by atomic mass is 32.2. The molecule has 0 atom stereocenters. The van der Waals surface area contributed by atoms with Crippen LogP contribution in [0.1, 0.15) is 5.56 Å². The van der Waals surface area contributed by atoms with E-state index in [0.717, 1.165) is 5.56 Å². The first-order valence-electron chi connectivity index (χ1n) is 5.44. The molecule has 1 aromatic carbocycles. The molecule has 6 heteroatoms. The van der Waals surface area contributed by atoms with Crippen LogP contribution in [-0.2, 0) is 6.54 Å². The summed E-state index contributed by atoms with van der Waals surface area (Å²) in [7, 11) is 0. The van der Waals surface area contributed by atoms with E-state index in [4.69, 9.17) is 5.11 Å². The third-order valence-electron chi connectivity index (χ3n) is 2.09. The Balaban J connectivity index is 1.89. The maximum Gasteiger partial charge on any atom is 0.210 e. The van der Waals surface area contributed by atoms with Gasteiger partial charge in [0, 0.05) is 5.56 Å². The number of thioether (sulfide) groups is 1. The molecule has 0 fully saturated rings. The molecule has 18 heavy (non-hydrogen) atoms. The summed E-state index contributed by atoms with van der Waals surface area (Å²) in [6.45, 7) is 0.426. The maximum atomic E-state index is 8.83. The Morgan fingerprint density at radius 2 is 2.11 bits per heavy atom. The van der Waals surface area contributed by atoms with Crippen molar-refractivity contribution in [3.05, 3.63) is 35.9 Å². The van der Waals surface area contributed by atoms with Crippen molar-refractivity contribution < 1.29 is 5.11 Å². The van der Waals surface area contributed by atoms with E-state index in [-0.39, 0.29) is 6.61 Å². The van der Waals surface area contributed by atoms with Gasteiger partial charge < -0.3 is 5.11 Å². The number of rotatable bonds is 4. The second-order valence-electron chi connectivity index (χ2n) is 3.36. The summed E-state index contributed by atoms with van der Waals surface area (Å²) in [6, 6.07) is 9.81. The fraction of sp³-hybridized carbons (Fsp3) is 0.250. The Bertz CT molecular complexity index is 544. The Labute approximate surface area is 109 Å². The van der Waals surface area contributed by atoms with Crippen LogP contribution in [0.15, 0.2) is 35.5 Å². The highest BCUT2D eigenvalue weighted by Gasteiger charge is 2.04. The monoisotopic (exact) mass is 260 g/mol. The van der Waals surface area contributed by atoms with E-state index in [0.29, 0.717) is 17.5 Å². The molecule has 0 aliphatic carbocycles. The van der Waals surface area contributed by atoms with Gasteiger partial charge in [-0.3, -0.25) is 0 Å². The van der Waals surface area contributed by atoms with Gasteiger partial charge in [0.15, 0.2) is 0 Å². The maximum absolute atomic E-state index is 8.83. The lowest BCUT2D eigenvalue weighted by Crippen LogP contribution is -2.05. The lowest BCUT2D eigenvalue weighted by atomic mass is 10.2. The second kappa shape index (κ2) is 6.79. The zero-order valence-corrected chi connectivity index (χ0v) is 10.5. The van der Waals surface area contributed by atoms with Gasteiger partial charge in [0.25, 0.3) is 0 Å². The molecule has 92 valence electrons. The first kappa shape index (κ1) is 12.6. The van der Waals surface area contributed by atoms with Gasteiger partial charge in [-0.2, -0.15) is 0 Å². The minimum atomic E-state index is 0.0221. The van der Waals surface area contributed by atoms with Crippen LogP contribution >= 0.6 is 11.8 Å². The third kappa shape index (κ3) is 3.58. The van der Waals surface area contributed by atoms with Crippen LogP contribution in [-0.4, -0.2) is 37.7 Å². The Morgan fingerprint density at radius 1 is 1.28 bits per heavy atom. The molecule has 1 N–H and O–H groups in total. The van der Waals surface area contributed by atoms with Gasteiger partial charge in [0.2, 0.25) is 5.16 Å². The summed E-state index contributed by atoms with van der Waals surface area (Å²) in [5, 5.41) is 20.7. The van der Waals surface area contributed by atoms with Crippen molar-refractivity contribution in [3.8, 4) is 11.8 Å². The smallest absolute Gasteiger partial charge is 0.210 e. The number of hydrogen-bond acceptors (Lipinski definition) is 5. The average molecular weight is 260 g/mol. The summed E-state index contributed by atoms with van der Waals surface area (Å²) >= 11 is 1.46. The largest absolute Gasteiger partial charge is 0.394 e.